The zero-order valence-corrected chi connectivity index (χ0v) is 13.0. The van der Waals surface area contributed by atoms with Gasteiger partial charge in [0, 0.05) is 19.3 Å². The molecule has 0 saturated heterocycles. The Morgan fingerprint density at radius 2 is 2.05 bits per heavy atom. The number of aryl methyl sites for hydroxylation is 2. The lowest BCUT2D eigenvalue weighted by Gasteiger charge is -2.07. The van der Waals surface area contributed by atoms with Crippen molar-refractivity contribution in [3.63, 3.8) is 0 Å². The maximum Gasteiger partial charge on any atom is 0.269 e. The average molecular weight is 324 g/mol. The molecule has 2 N–H and O–H groups in total. The van der Waals surface area contributed by atoms with Crippen molar-refractivity contribution >= 4 is 15.9 Å². The number of carbonyl (C=O) groups excluding carboxylic acids is 1. The van der Waals surface area contributed by atoms with Crippen molar-refractivity contribution in [1.82, 2.24) is 20.2 Å². The fourth-order valence-corrected chi connectivity index (χ4v) is 3.24. The van der Waals surface area contributed by atoms with Gasteiger partial charge in [-0.15, -0.1) is 0 Å². The van der Waals surface area contributed by atoms with Gasteiger partial charge in [-0.3, -0.25) is 9.78 Å². The molecule has 0 aromatic carbocycles. The summed E-state index contributed by atoms with van der Waals surface area (Å²) < 4.78 is 31.5. The van der Waals surface area contributed by atoms with Gasteiger partial charge in [0.05, 0.1) is 0 Å². The van der Waals surface area contributed by atoms with Gasteiger partial charge in [0.15, 0.2) is 5.76 Å². The van der Waals surface area contributed by atoms with Gasteiger partial charge in [-0.25, -0.2) is 13.1 Å². The number of hydrogen-bond acceptors (Lipinski definition) is 6. The van der Waals surface area contributed by atoms with Crippen molar-refractivity contribution in [2.45, 2.75) is 18.7 Å². The van der Waals surface area contributed by atoms with Gasteiger partial charge in [-0.1, -0.05) is 11.2 Å². The lowest BCUT2D eigenvalue weighted by atomic mass is 10.3. The van der Waals surface area contributed by atoms with Crippen LogP contribution < -0.4 is 10.0 Å². The minimum absolute atomic E-state index is 0.0311. The van der Waals surface area contributed by atoms with E-state index in [9.17, 15) is 13.2 Å². The molecule has 118 valence electrons. The van der Waals surface area contributed by atoms with Crippen molar-refractivity contribution in [2.24, 2.45) is 0 Å². The molecule has 2 rings (SSSR count). The third-order valence-electron chi connectivity index (χ3n) is 2.84. The molecular formula is C13H16N4O4S. The highest BCUT2D eigenvalue weighted by Crippen LogP contribution is 2.18. The summed E-state index contributed by atoms with van der Waals surface area (Å²) in [6.07, 6.45) is 1.51. The second kappa shape index (κ2) is 6.67. The fraction of sp³-hybridized carbons (Fsp3) is 0.308. The number of amides is 1. The fourth-order valence-electron chi connectivity index (χ4n) is 1.88. The van der Waals surface area contributed by atoms with Crippen LogP contribution in [-0.2, 0) is 10.0 Å². The zero-order valence-electron chi connectivity index (χ0n) is 12.2. The van der Waals surface area contributed by atoms with Crippen molar-refractivity contribution in [3.8, 4) is 0 Å². The summed E-state index contributed by atoms with van der Waals surface area (Å²) in [4.78, 5) is 15.7. The monoisotopic (exact) mass is 324 g/mol. The van der Waals surface area contributed by atoms with E-state index in [2.05, 4.69) is 20.2 Å². The Morgan fingerprint density at radius 3 is 2.64 bits per heavy atom. The number of hydrogen-bond donors (Lipinski definition) is 2. The van der Waals surface area contributed by atoms with E-state index in [0.29, 0.717) is 5.69 Å². The molecule has 0 saturated carbocycles. The summed E-state index contributed by atoms with van der Waals surface area (Å²) in [5.74, 6) is -0.139. The number of sulfonamides is 1. The molecule has 0 aliphatic carbocycles. The first kappa shape index (κ1) is 16.1. The van der Waals surface area contributed by atoms with Crippen molar-refractivity contribution in [2.75, 3.05) is 13.1 Å². The lowest BCUT2D eigenvalue weighted by Crippen LogP contribution is -2.35. The summed E-state index contributed by atoms with van der Waals surface area (Å²) in [5.41, 5.74) is 0.568. The molecule has 0 aliphatic rings. The summed E-state index contributed by atoms with van der Waals surface area (Å²) in [5, 5.41) is 6.19. The topological polar surface area (TPSA) is 114 Å². The number of nitrogens with zero attached hydrogens (tertiary/aromatic N) is 2. The van der Waals surface area contributed by atoms with Crippen LogP contribution in [0.5, 0.6) is 0 Å². The predicted octanol–water partition coefficient (Wildman–Crippen LogP) is 0.395. The van der Waals surface area contributed by atoms with Crippen LogP contribution in [0.3, 0.4) is 0 Å². The normalized spacial score (nSPS) is 11.4. The molecule has 0 radical (unpaired) electrons. The van der Waals surface area contributed by atoms with Crippen LogP contribution in [0.2, 0.25) is 0 Å². The van der Waals surface area contributed by atoms with Gasteiger partial charge < -0.3 is 9.84 Å². The van der Waals surface area contributed by atoms with Crippen molar-refractivity contribution < 1.29 is 17.7 Å². The number of nitrogens with one attached hydrogen (secondary N) is 2. The van der Waals surface area contributed by atoms with Crippen LogP contribution >= 0.6 is 0 Å². The van der Waals surface area contributed by atoms with Gasteiger partial charge in [-0.05, 0) is 26.0 Å². The Morgan fingerprint density at radius 1 is 1.27 bits per heavy atom. The minimum Gasteiger partial charge on any atom is -0.360 e. The van der Waals surface area contributed by atoms with Gasteiger partial charge >= 0.3 is 0 Å². The molecule has 0 bridgehead atoms. The van der Waals surface area contributed by atoms with E-state index >= 15 is 0 Å². The Bertz CT molecular complexity index is 736. The summed E-state index contributed by atoms with van der Waals surface area (Å²) in [6, 6.07) is 4.97. The second-order valence-corrected chi connectivity index (χ2v) is 6.23. The van der Waals surface area contributed by atoms with Crippen LogP contribution in [0.1, 0.15) is 21.9 Å². The maximum absolute atomic E-state index is 12.1. The van der Waals surface area contributed by atoms with Crippen molar-refractivity contribution in [1.29, 1.82) is 0 Å². The molecule has 2 aromatic heterocycles. The molecule has 1 amide bonds. The first-order valence-electron chi connectivity index (χ1n) is 6.53. The van der Waals surface area contributed by atoms with Gasteiger partial charge in [-0.2, -0.15) is 0 Å². The van der Waals surface area contributed by atoms with Crippen LogP contribution in [-0.4, -0.2) is 37.6 Å². The smallest absolute Gasteiger partial charge is 0.269 e. The third kappa shape index (κ3) is 3.68. The molecule has 0 atom stereocenters. The molecule has 9 heteroatoms. The molecule has 0 aliphatic heterocycles. The molecule has 0 fully saturated rings. The number of aromatic nitrogens is 2. The van der Waals surface area contributed by atoms with E-state index in [-0.39, 0.29) is 35.3 Å². The maximum atomic E-state index is 12.1. The van der Waals surface area contributed by atoms with Crippen LogP contribution in [0.4, 0.5) is 0 Å². The largest absolute Gasteiger partial charge is 0.360 e. The number of carbonyl (C=O) groups is 1. The summed E-state index contributed by atoms with van der Waals surface area (Å²) in [7, 11) is -3.71. The zero-order chi connectivity index (χ0) is 16.2. The summed E-state index contributed by atoms with van der Waals surface area (Å²) >= 11 is 0. The van der Waals surface area contributed by atoms with E-state index in [1.54, 1.807) is 25.1 Å². The van der Waals surface area contributed by atoms with E-state index in [1.807, 2.05) is 0 Å². The predicted molar refractivity (Wildman–Crippen MR) is 77.7 cm³/mol. The van der Waals surface area contributed by atoms with Gasteiger partial charge in [0.25, 0.3) is 5.91 Å². The van der Waals surface area contributed by atoms with Crippen LogP contribution in [0.15, 0.2) is 33.8 Å². The Labute approximate surface area is 128 Å². The lowest BCUT2D eigenvalue weighted by molar-refractivity contribution is 0.0949. The number of rotatable bonds is 6. The SMILES string of the molecule is Cc1noc(C)c1S(=O)(=O)NCCNC(=O)c1ccccn1. The van der Waals surface area contributed by atoms with Gasteiger partial charge in [0.2, 0.25) is 10.0 Å². The first-order valence-corrected chi connectivity index (χ1v) is 8.02. The van der Waals surface area contributed by atoms with Crippen molar-refractivity contribution in [3.05, 3.63) is 41.5 Å². The minimum atomic E-state index is -3.71. The molecule has 8 nitrogen and oxygen atoms in total. The van der Waals surface area contributed by atoms with E-state index in [0.717, 1.165) is 0 Å². The molecule has 22 heavy (non-hydrogen) atoms. The standard InChI is InChI=1S/C13H16N4O4S/c1-9-12(10(2)21-17-9)22(19,20)16-8-7-15-13(18)11-5-3-4-6-14-11/h3-6,16H,7-8H2,1-2H3,(H,15,18). The van der Waals surface area contributed by atoms with Crippen LogP contribution in [0, 0.1) is 13.8 Å². The van der Waals surface area contributed by atoms with Crippen LogP contribution in [0.25, 0.3) is 0 Å². The van der Waals surface area contributed by atoms with E-state index in [4.69, 9.17) is 4.52 Å². The quantitative estimate of drug-likeness (QED) is 0.743. The van der Waals surface area contributed by atoms with E-state index in [1.165, 1.54) is 13.1 Å². The Balaban J connectivity index is 1.88. The first-order chi connectivity index (χ1) is 10.4. The van der Waals surface area contributed by atoms with E-state index < -0.39 is 10.0 Å². The molecule has 0 unspecified atom stereocenters. The number of pyridine rings is 1. The second-order valence-electron chi connectivity index (χ2n) is 4.52. The molecular weight excluding hydrogens is 308 g/mol. The highest BCUT2D eigenvalue weighted by atomic mass is 32.2. The third-order valence-corrected chi connectivity index (χ3v) is 4.54. The highest BCUT2D eigenvalue weighted by Gasteiger charge is 2.23. The Hall–Kier alpha value is -2.26. The molecule has 2 heterocycles. The Kier molecular flexibility index (Phi) is 4.88. The average Bonchev–Trinajstić information content (AvgIpc) is 2.84. The molecule has 0 spiro atoms. The highest BCUT2D eigenvalue weighted by molar-refractivity contribution is 7.89. The summed E-state index contributed by atoms with van der Waals surface area (Å²) in [6.45, 7) is 3.26. The molecule has 2 aromatic rings. The van der Waals surface area contributed by atoms with Gasteiger partial charge in [0.1, 0.15) is 16.3 Å².